The highest BCUT2D eigenvalue weighted by Gasteiger charge is 2.42. The van der Waals surface area contributed by atoms with Crippen LogP contribution in [-0.4, -0.2) is 67.0 Å². The molecule has 2 saturated heterocycles. The summed E-state index contributed by atoms with van der Waals surface area (Å²) in [6.45, 7) is 16.1. The van der Waals surface area contributed by atoms with Crippen LogP contribution >= 0.6 is 0 Å². The molecule has 1 aliphatic carbocycles. The van der Waals surface area contributed by atoms with Crippen molar-refractivity contribution < 1.29 is 23.8 Å². The molecule has 52 heavy (non-hydrogen) atoms. The van der Waals surface area contributed by atoms with E-state index in [1.165, 1.54) is 22.3 Å². The van der Waals surface area contributed by atoms with Gasteiger partial charge in [-0.05, 0) is 146 Å². The smallest absolute Gasteiger partial charge is 0.411 e. The number of aliphatic imine (C=N–C) groups is 1. The lowest BCUT2D eigenvalue weighted by Gasteiger charge is -2.31. The summed E-state index contributed by atoms with van der Waals surface area (Å²) in [6.07, 6.45) is 7.46. The molecule has 4 aliphatic heterocycles. The van der Waals surface area contributed by atoms with E-state index in [1.807, 2.05) is 57.5 Å². The van der Waals surface area contributed by atoms with E-state index in [2.05, 4.69) is 49.2 Å². The Kier molecular flexibility index (Phi) is 8.30. The average molecular weight is 706 g/mol. The van der Waals surface area contributed by atoms with Crippen LogP contribution in [0.15, 0.2) is 47.2 Å². The maximum atomic E-state index is 13.2. The Hall–Kier alpha value is -4.60. The van der Waals surface area contributed by atoms with E-state index < -0.39 is 11.2 Å². The van der Waals surface area contributed by atoms with Crippen LogP contribution in [0.5, 0.6) is 5.75 Å². The third-order valence-electron chi connectivity index (χ3n) is 11.1. The Balaban J connectivity index is 1.01. The van der Waals surface area contributed by atoms with E-state index in [1.54, 1.807) is 0 Å². The number of carbonyl (C=O) groups is 2. The average Bonchev–Trinajstić information content (AvgIpc) is 3.87. The summed E-state index contributed by atoms with van der Waals surface area (Å²) in [6, 6.07) is 11.1. The number of nitrogens with one attached hydrogen (secondary N) is 1. The van der Waals surface area contributed by atoms with E-state index in [-0.39, 0.29) is 36.4 Å². The number of likely N-dealkylation sites (tertiary alicyclic amines) is 2. The molecule has 0 saturated carbocycles. The van der Waals surface area contributed by atoms with Gasteiger partial charge in [-0.2, -0.15) is 0 Å². The van der Waals surface area contributed by atoms with Gasteiger partial charge in [-0.1, -0.05) is 12.1 Å². The third-order valence-corrected chi connectivity index (χ3v) is 11.1. The van der Waals surface area contributed by atoms with E-state index in [0.717, 1.165) is 90.3 Å². The van der Waals surface area contributed by atoms with Crippen LogP contribution < -0.4 is 4.74 Å². The van der Waals surface area contributed by atoms with Crippen LogP contribution in [0.1, 0.15) is 122 Å². The number of allylic oxidation sites excluding steroid dienone is 2. The molecule has 5 aliphatic rings. The van der Waals surface area contributed by atoms with Crippen molar-refractivity contribution >= 4 is 23.5 Å². The molecule has 1 aromatic heterocycles. The molecule has 2 aromatic carbocycles. The van der Waals surface area contributed by atoms with E-state index in [0.29, 0.717) is 6.61 Å². The second-order valence-electron chi connectivity index (χ2n) is 17.2. The van der Waals surface area contributed by atoms with Gasteiger partial charge in [-0.25, -0.2) is 14.6 Å². The molecule has 10 nitrogen and oxygen atoms in total. The molecule has 0 bridgehead atoms. The first-order chi connectivity index (χ1) is 24.6. The topological polar surface area (TPSA) is 109 Å². The number of benzene rings is 2. The number of carbonyl (C=O) groups excluding carboxylic acids is 2. The zero-order chi connectivity index (χ0) is 36.7. The molecular weight excluding hydrogens is 654 g/mol. The minimum absolute atomic E-state index is 0.0366. The summed E-state index contributed by atoms with van der Waals surface area (Å²) in [5.74, 6) is 1.68. The molecule has 0 spiro atoms. The van der Waals surface area contributed by atoms with Crippen LogP contribution in [0.25, 0.3) is 28.0 Å². The van der Waals surface area contributed by atoms with E-state index in [9.17, 15) is 9.59 Å². The van der Waals surface area contributed by atoms with Crippen molar-refractivity contribution in [1.82, 2.24) is 19.8 Å². The monoisotopic (exact) mass is 705 g/mol. The van der Waals surface area contributed by atoms with Crippen LogP contribution in [-0.2, 0) is 22.5 Å². The summed E-state index contributed by atoms with van der Waals surface area (Å²) in [5, 5.41) is 0. The fraction of sp³-hybridized carbons (Fsp3) is 0.524. The van der Waals surface area contributed by atoms with Crippen molar-refractivity contribution in [2.24, 2.45) is 4.99 Å². The first-order valence-corrected chi connectivity index (χ1v) is 18.9. The highest BCUT2D eigenvalue weighted by atomic mass is 16.6. The number of nitrogens with zero attached hydrogens (tertiary/aromatic N) is 4. The third kappa shape index (κ3) is 6.28. The Morgan fingerprint density at radius 2 is 1.48 bits per heavy atom. The molecule has 10 heteroatoms. The molecule has 5 heterocycles. The fourth-order valence-corrected chi connectivity index (χ4v) is 8.67. The zero-order valence-corrected chi connectivity index (χ0v) is 31.8. The van der Waals surface area contributed by atoms with Crippen molar-refractivity contribution in [2.75, 3.05) is 0 Å². The summed E-state index contributed by atoms with van der Waals surface area (Å²) in [7, 11) is 0. The summed E-state index contributed by atoms with van der Waals surface area (Å²) < 4.78 is 18.0. The first kappa shape index (κ1) is 34.5. The standard InChI is InChI=1S/C42H51N5O5/c1-23-9-15-35(46(23)39(48)51-41(3,4)5)33-19-30-29-20-37-31(18-25(29)12-14-32(30)44-33)28-13-11-26(17-27(28)22-50-37)34-21-43-38(45-34)36-16-10-24(2)47(36)40(49)52-42(6,7)8/h11,13,17-18,20-21,23-24,35-36H,9-10,12,14-16,19,22H2,1-8H3,(H,43,45)/t23-,24-,35?,36-/m0/s1. The summed E-state index contributed by atoms with van der Waals surface area (Å²) in [4.78, 5) is 43.6. The van der Waals surface area contributed by atoms with Crippen LogP contribution in [0.3, 0.4) is 0 Å². The number of imidazole rings is 1. The number of amides is 2. The Bertz CT molecular complexity index is 2010. The number of rotatable bonds is 3. The SMILES string of the molecule is C[C@H]1CCC(C2=NC3=C(C2)c2cc4c(cc2CC3)-c2ccc(-c3cnc([C@@H]5CC[C@H](C)N5C(=O)OC(C)(C)C)[nH]3)cc2CO4)N1C(=O)OC(C)(C)C. The number of hydrogen-bond donors (Lipinski definition) is 1. The molecule has 2 amide bonds. The van der Waals surface area contributed by atoms with Crippen molar-refractivity contribution in [2.45, 2.75) is 142 Å². The van der Waals surface area contributed by atoms with Crippen LogP contribution in [0.2, 0.25) is 0 Å². The van der Waals surface area contributed by atoms with Gasteiger partial charge in [-0.15, -0.1) is 0 Å². The quantitative estimate of drug-likeness (QED) is 0.291. The van der Waals surface area contributed by atoms with E-state index in [4.69, 9.17) is 24.2 Å². The lowest BCUT2D eigenvalue weighted by molar-refractivity contribution is 0.0149. The Labute approximate surface area is 306 Å². The van der Waals surface area contributed by atoms with Crippen LogP contribution in [0, 0.1) is 0 Å². The van der Waals surface area contributed by atoms with Crippen LogP contribution in [0.4, 0.5) is 9.59 Å². The normalized spacial score (nSPS) is 23.8. The molecule has 4 atom stereocenters. The first-order valence-electron chi connectivity index (χ1n) is 18.9. The maximum absolute atomic E-state index is 13.2. The van der Waals surface area contributed by atoms with Crippen molar-refractivity contribution in [3.8, 4) is 28.1 Å². The van der Waals surface area contributed by atoms with Gasteiger partial charge in [0.15, 0.2) is 0 Å². The number of H-pyrrole nitrogens is 1. The predicted octanol–water partition coefficient (Wildman–Crippen LogP) is 9.39. The predicted molar refractivity (Wildman–Crippen MR) is 201 cm³/mol. The molecular formula is C42H51N5O5. The zero-order valence-electron chi connectivity index (χ0n) is 31.8. The Morgan fingerprint density at radius 1 is 0.808 bits per heavy atom. The lowest BCUT2D eigenvalue weighted by atomic mass is 9.83. The summed E-state index contributed by atoms with van der Waals surface area (Å²) >= 11 is 0. The van der Waals surface area contributed by atoms with Crippen molar-refractivity contribution in [3.63, 3.8) is 0 Å². The fourth-order valence-electron chi connectivity index (χ4n) is 8.67. The highest BCUT2D eigenvalue weighted by molar-refractivity contribution is 6.05. The second kappa shape index (κ2) is 12.5. The second-order valence-corrected chi connectivity index (χ2v) is 17.2. The highest BCUT2D eigenvalue weighted by Crippen LogP contribution is 2.47. The molecule has 274 valence electrons. The summed E-state index contributed by atoms with van der Waals surface area (Å²) in [5.41, 5.74) is 10.3. The molecule has 8 rings (SSSR count). The number of aryl methyl sites for hydroxylation is 1. The maximum Gasteiger partial charge on any atom is 0.411 e. The van der Waals surface area contributed by atoms with Gasteiger partial charge in [0.05, 0.1) is 24.0 Å². The van der Waals surface area contributed by atoms with Crippen molar-refractivity contribution in [1.29, 1.82) is 0 Å². The number of aromatic amines is 1. The number of aromatic nitrogens is 2. The largest absolute Gasteiger partial charge is 0.488 e. The molecule has 0 radical (unpaired) electrons. The number of fused-ring (bicyclic) bond motifs is 5. The van der Waals surface area contributed by atoms with Crippen molar-refractivity contribution in [3.05, 3.63) is 64.7 Å². The Morgan fingerprint density at radius 3 is 2.17 bits per heavy atom. The minimum Gasteiger partial charge on any atom is -0.488 e. The molecule has 3 aromatic rings. The number of hydrogen-bond acceptors (Lipinski definition) is 7. The van der Waals surface area contributed by atoms with Gasteiger partial charge in [-0.3, -0.25) is 14.8 Å². The minimum atomic E-state index is -0.558. The van der Waals surface area contributed by atoms with E-state index >= 15 is 0 Å². The van der Waals surface area contributed by atoms with Gasteiger partial charge in [0.1, 0.15) is 29.4 Å². The molecule has 2 fully saturated rings. The van der Waals surface area contributed by atoms with Gasteiger partial charge in [0.25, 0.3) is 0 Å². The van der Waals surface area contributed by atoms with Gasteiger partial charge in [0.2, 0.25) is 0 Å². The molecule has 1 N–H and O–H groups in total. The van der Waals surface area contributed by atoms with Gasteiger partial charge in [0, 0.05) is 35.5 Å². The molecule has 1 unspecified atom stereocenters. The van der Waals surface area contributed by atoms with Gasteiger partial charge >= 0.3 is 12.2 Å². The lowest BCUT2D eigenvalue weighted by Crippen LogP contribution is -2.46. The number of ether oxygens (including phenoxy) is 3. The van der Waals surface area contributed by atoms with Gasteiger partial charge < -0.3 is 19.2 Å².